The summed E-state index contributed by atoms with van der Waals surface area (Å²) in [6, 6.07) is 5.46. The Kier molecular flexibility index (Phi) is 3.43. The standard InChI is InChI=1S/C10H9F2NO/c1-2-8(13)7-5-3-4-6-9(7)14-10(11)12/h1,3-6,8,10H,13H2. The lowest BCUT2D eigenvalue weighted by Gasteiger charge is -2.11. The molecule has 0 aliphatic heterocycles. The first kappa shape index (κ1) is 10.5. The quantitative estimate of drug-likeness (QED) is 0.751. The van der Waals surface area contributed by atoms with E-state index in [1.54, 1.807) is 18.2 Å². The van der Waals surface area contributed by atoms with Crippen LogP contribution in [0.25, 0.3) is 0 Å². The van der Waals surface area contributed by atoms with Gasteiger partial charge in [-0.3, -0.25) is 0 Å². The van der Waals surface area contributed by atoms with Gasteiger partial charge in [0, 0.05) is 5.56 Å². The molecule has 1 atom stereocenters. The molecule has 1 aromatic rings. The van der Waals surface area contributed by atoms with Crippen molar-refractivity contribution in [2.75, 3.05) is 0 Å². The molecule has 0 aromatic heterocycles. The van der Waals surface area contributed by atoms with Crippen LogP contribution in [0.2, 0.25) is 0 Å². The number of rotatable bonds is 3. The van der Waals surface area contributed by atoms with Crippen molar-refractivity contribution < 1.29 is 13.5 Å². The van der Waals surface area contributed by atoms with Crippen LogP contribution in [0.1, 0.15) is 11.6 Å². The Balaban J connectivity index is 2.98. The van der Waals surface area contributed by atoms with Gasteiger partial charge in [0.05, 0.1) is 6.04 Å². The molecule has 0 aliphatic carbocycles. The maximum Gasteiger partial charge on any atom is 0.387 e. The summed E-state index contributed by atoms with van der Waals surface area (Å²) in [5, 5.41) is 0. The van der Waals surface area contributed by atoms with Gasteiger partial charge in [-0.05, 0) is 6.07 Å². The van der Waals surface area contributed by atoms with Crippen LogP contribution in [-0.4, -0.2) is 6.61 Å². The topological polar surface area (TPSA) is 35.2 Å². The number of ether oxygens (including phenoxy) is 1. The normalized spacial score (nSPS) is 12.2. The molecule has 1 aromatic carbocycles. The van der Waals surface area contributed by atoms with E-state index in [0.717, 1.165) is 0 Å². The number of halogens is 2. The third-order valence-electron chi connectivity index (χ3n) is 1.65. The largest absolute Gasteiger partial charge is 0.434 e. The molecule has 74 valence electrons. The Labute approximate surface area is 80.7 Å². The molecule has 14 heavy (non-hydrogen) atoms. The second-order valence-electron chi connectivity index (χ2n) is 2.56. The third kappa shape index (κ3) is 2.44. The first-order valence-electron chi connectivity index (χ1n) is 3.90. The van der Waals surface area contributed by atoms with Crippen molar-refractivity contribution in [1.29, 1.82) is 0 Å². The zero-order chi connectivity index (χ0) is 10.6. The van der Waals surface area contributed by atoms with E-state index < -0.39 is 12.7 Å². The van der Waals surface area contributed by atoms with Crippen molar-refractivity contribution >= 4 is 0 Å². The lowest BCUT2D eigenvalue weighted by molar-refractivity contribution is -0.0505. The number of alkyl halides is 2. The summed E-state index contributed by atoms with van der Waals surface area (Å²) < 4.78 is 28.2. The molecule has 0 fully saturated rings. The molecule has 0 saturated heterocycles. The number of hydrogen-bond acceptors (Lipinski definition) is 2. The highest BCUT2D eigenvalue weighted by molar-refractivity contribution is 5.38. The van der Waals surface area contributed by atoms with Crippen LogP contribution in [0.4, 0.5) is 8.78 Å². The SMILES string of the molecule is C#CC(N)c1ccccc1OC(F)F. The van der Waals surface area contributed by atoms with E-state index in [2.05, 4.69) is 10.7 Å². The number of nitrogens with two attached hydrogens (primary N) is 1. The van der Waals surface area contributed by atoms with E-state index in [0.29, 0.717) is 5.56 Å². The molecule has 4 heteroatoms. The van der Waals surface area contributed by atoms with Gasteiger partial charge in [0.1, 0.15) is 5.75 Å². The summed E-state index contributed by atoms with van der Waals surface area (Å²) in [7, 11) is 0. The first-order chi connectivity index (χ1) is 6.65. The number of para-hydroxylation sites is 1. The predicted octanol–water partition coefficient (Wildman–Crippen LogP) is 1.92. The molecular formula is C10H9F2NO. The Bertz CT molecular complexity index is 346. The molecule has 1 unspecified atom stereocenters. The van der Waals surface area contributed by atoms with Gasteiger partial charge < -0.3 is 10.5 Å². The van der Waals surface area contributed by atoms with Crippen molar-refractivity contribution in [3.05, 3.63) is 29.8 Å². The lowest BCUT2D eigenvalue weighted by Crippen LogP contribution is -2.11. The molecule has 0 aliphatic rings. The van der Waals surface area contributed by atoms with E-state index in [9.17, 15) is 8.78 Å². The van der Waals surface area contributed by atoms with E-state index in [1.165, 1.54) is 6.07 Å². The zero-order valence-corrected chi connectivity index (χ0v) is 7.28. The fourth-order valence-corrected chi connectivity index (χ4v) is 1.03. The Morgan fingerprint density at radius 2 is 2.00 bits per heavy atom. The summed E-state index contributed by atoms with van der Waals surface area (Å²) in [5.41, 5.74) is 5.89. The van der Waals surface area contributed by atoms with Crippen LogP contribution < -0.4 is 10.5 Å². The Hall–Kier alpha value is -1.60. The molecule has 0 bridgehead atoms. The molecule has 0 spiro atoms. The van der Waals surface area contributed by atoms with E-state index >= 15 is 0 Å². The monoisotopic (exact) mass is 197 g/mol. The molecule has 2 nitrogen and oxygen atoms in total. The van der Waals surface area contributed by atoms with Gasteiger partial charge in [-0.15, -0.1) is 6.42 Å². The van der Waals surface area contributed by atoms with Crippen molar-refractivity contribution in [2.24, 2.45) is 5.73 Å². The highest BCUT2D eigenvalue weighted by Gasteiger charge is 2.12. The van der Waals surface area contributed by atoms with Crippen LogP contribution >= 0.6 is 0 Å². The molecular weight excluding hydrogens is 188 g/mol. The van der Waals surface area contributed by atoms with Gasteiger partial charge in [0.15, 0.2) is 0 Å². The summed E-state index contributed by atoms with van der Waals surface area (Å²) in [6.45, 7) is -2.87. The van der Waals surface area contributed by atoms with Crippen molar-refractivity contribution in [1.82, 2.24) is 0 Å². The molecule has 0 amide bonds. The van der Waals surface area contributed by atoms with Gasteiger partial charge >= 0.3 is 6.61 Å². The molecule has 0 radical (unpaired) electrons. The summed E-state index contributed by atoms with van der Waals surface area (Å²) >= 11 is 0. The van der Waals surface area contributed by atoms with Crippen molar-refractivity contribution in [3.8, 4) is 18.1 Å². The number of benzene rings is 1. The van der Waals surface area contributed by atoms with Gasteiger partial charge in [0.25, 0.3) is 0 Å². The fourth-order valence-electron chi connectivity index (χ4n) is 1.03. The molecule has 2 N–H and O–H groups in total. The third-order valence-corrected chi connectivity index (χ3v) is 1.65. The highest BCUT2D eigenvalue weighted by atomic mass is 19.3. The highest BCUT2D eigenvalue weighted by Crippen LogP contribution is 2.24. The first-order valence-corrected chi connectivity index (χ1v) is 3.90. The summed E-state index contributed by atoms with van der Waals surface area (Å²) in [4.78, 5) is 0. The number of terminal acetylenes is 1. The van der Waals surface area contributed by atoms with E-state index in [4.69, 9.17) is 12.2 Å². The minimum atomic E-state index is -2.87. The maximum absolute atomic E-state index is 12.0. The number of hydrogen-bond donors (Lipinski definition) is 1. The van der Waals surface area contributed by atoms with Crippen LogP contribution in [0.15, 0.2) is 24.3 Å². The van der Waals surface area contributed by atoms with Crippen molar-refractivity contribution in [3.63, 3.8) is 0 Å². The average Bonchev–Trinajstić information content (AvgIpc) is 2.16. The van der Waals surface area contributed by atoms with Gasteiger partial charge in [-0.25, -0.2) is 0 Å². The average molecular weight is 197 g/mol. The minimum Gasteiger partial charge on any atom is -0.434 e. The van der Waals surface area contributed by atoms with Crippen LogP contribution in [0, 0.1) is 12.3 Å². The zero-order valence-electron chi connectivity index (χ0n) is 7.28. The lowest BCUT2D eigenvalue weighted by atomic mass is 10.1. The van der Waals surface area contributed by atoms with E-state index in [1.807, 2.05) is 0 Å². The van der Waals surface area contributed by atoms with E-state index in [-0.39, 0.29) is 5.75 Å². The minimum absolute atomic E-state index is 0.0213. The van der Waals surface area contributed by atoms with Crippen molar-refractivity contribution in [2.45, 2.75) is 12.7 Å². The fraction of sp³-hybridized carbons (Fsp3) is 0.200. The maximum atomic E-state index is 12.0. The van der Waals surface area contributed by atoms with Gasteiger partial charge in [-0.1, -0.05) is 24.1 Å². The van der Waals surface area contributed by atoms with Gasteiger partial charge in [-0.2, -0.15) is 8.78 Å². The van der Waals surface area contributed by atoms with Gasteiger partial charge in [0.2, 0.25) is 0 Å². The smallest absolute Gasteiger partial charge is 0.387 e. The molecule has 0 saturated carbocycles. The van der Waals surface area contributed by atoms with Crippen LogP contribution in [-0.2, 0) is 0 Å². The Morgan fingerprint density at radius 3 is 2.57 bits per heavy atom. The van der Waals surface area contributed by atoms with Crippen LogP contribution in [0.5, 0.6) is 5.75 Å². The Morgan fingerprint density at radius 1 is 1.36 bits per heavy atom. The summed E-state index contributed by atoms with van der Waals surface area (Å²) in [5.74, 6) is 2.27. The predicted molar refractivity (Wildman–Crippen MR) is 48.8 cm³/mol. The second-order valence-corrected chi connectivity index (χ2v) is 2.56. The molecule has 0 heterocycles. The second kappa shape index (κ2) is 4.58. The molecule has 1 rings (SSSR count). The van der Waals surface area contributed by atoms with Crippen LogP contribution in [0.3, 0.4) is 0 Å². The summed E-state index contributed by atoms with van der Waals surface area (Å²) in [6.07, 6.45) is 5.09.